The second-order valence-corrected chi connectivity index (χ2v) is 7.93. The Labute approximate surface area is 181 Å². The van der Waals surface area contributed by atoms with Gasteiger partial charge in [0.05, 0.1) is 25.8 Å². The third-order valence-electron chi connectivity index (χ3n) is 5.50. The van der Waals surface area contributed by atoms with Crippen LogP contribution in [0.3, 0.4) is 0 Å². The summed E-state index contributed by atoms with van der Waals surface area (Å²) in [5.41, 5.74) is 0.611. The maximum absolute atomic E-state index is 12.9. The predicted octanol–water partition coefficient (Wildman–Crippen LogP) is 6.25. The number of benzene rings is 1. The lowest BCUT2D eigenvalue weighted by Crippen LogP contribution is -2.21. The van der Waals surface area contributed by atoms with E-state index in [1.165, 1.54) is 44.9 Å². The van der Waals surface area contributed by atoms with Crippen LogP contribution in [0.15, 0.2) is 23.0 Å². The number of fused-ring (bicyclic) bond motifs is 1. The SMILES string of the molecule is CCCCCCCCOc1c(OC)c2ccc(OCCCCCC)cc2n(C)c1=O. The van der Waals surface area contributed by atoms with Crippen LogP contribution in [0.4, 0.5) is 0 Å². The molecule has 30 heavy (non-hydrogen) atoms. The molecule has 0 N–H and O–H groups in total. The average molecular weight is 418 g/mol. The van der Waals surface area contributed by atoms with Crippen molar-refractivity contribution in [3.05, 3.63) is 28.6 Å². The van der Waals surface area contributed by atoms with Gasteiger partial charge in [-0.2, -0.15) is 0 Å². The molecule has 0 saturated heterocycles. The minimum absolute atomic E-state index is 0.176. The first-order valence-electron chi connectivity index (χ1n) is 11.6. The predicted molar refractivity (Wildman–Crippen MR) is 124 cm³/mol. The Morgan fingerprint density at radius 3 is 2.07 bits per heavy atom. The molecule has 0 aliphatic heterocycles. The number of unbranched alkanes of at least 4 members (excludes halogenated alkanes) is 8. The van der Waals surface area contributed by atoms with E-state index in [0.717, 1.165) is 35.9 Å². The molecule has 0 saturated carbocycles. The Balaban J connectivity index is 2.10. The number of ether oxygens (including phenoxy) is 3. The van der Waals surface area contributed by atoms with Gasteiger partial charge in [0.25, 0.3) is 5.56 Å². The second kappa shape index (κ2) is 13.2. The Morgan fingerprint density at radius 2 is 1.40 bits per heavy atom. The molecule has 0 amide bonds. The molecule has 5 heteroatoms. The Hall–Kier alpha value is -2.17. The highest BCUT2D eigenvalue weighted by molar-refractivity contribution is 5.89. The van der Waals surface area contributed by atoms with E-state index >= 15 is 0 Å². The van der Waals surface area contributed by atoms with E-state index < -0.39 is 0 Å². The van der Waals surface area contributed by atoms with Gasteiger partial charge in [0.2, 0.25) is 5.75 Å². The topological polar surface area (TPSA) is 49.7 Å². The number of nitrogens with zero attached hydrogens (tertiary/aromatic N) is 1. The van der Waals surface area contributed by atoms with E-state index in [1.807, 2.05) is 18.2 Å². The molecule has 0 fully saturated rings. The van der Waals surface area contributed by atoms with E-state index in [1.54, 1.807) is 18.7 Å². The van der Waals surface area contributed by atoms with Gasteiger partial charge < -0.3 is 18.8 Å². The highest BCUT2D eigenvalue weighted by atomic mass is 16.5. The van der Waals surface area contributed by atoms with Gasteiger partial charge in [-0.1, -0.05) is 65.2 Å². The molecule has 1 heterocycles. The summed E-state index contributed by atoms with van der Waals surface area (Å²) in [4.78, 5) is 12.9. The molecular formula is C25H39NO4. The van der Waals surface area contributed by atoms with E-state index in [2.05, 4.69) is 13.8 Å². The largest absolute Gasteiger partial charge is 0.494 e. The van der Waals surface area contributed by atoms with Crippen molar-refractivity contribution >= 4 is 10.9 Å². The monoisotopic (exact) mass is 417 g/mol. The summed E-state index contributed by atoms with van der Waals surface area (Å²) in [6, 6.07) is 5.80. The van der Waals surface area contributed by atoms with Crippen LogP contribution in [-0.4, -0.2) is 24.9 Å². The van der Waals surface area contributed by atoms with Crippen LogP contribution in [0.2, 0.25) is 0 Å². The molecule has 1 aromatic carbocycles. The van der Waals surface area contributed by atoms with E-state index in [-0.39, 0.29) is 5.56 Å². The van der Waals surface area contributed by atoms with Crippen molar-refractivity contribution in [2.75, 3.05) is 20.3 Å². The van der Waals surface area contributed by atoms with Crippen molar-refractivity contribution in [3.63, 3.8) is 0 Å². The number of aromatic nitrogens is 1. The fourth-order valence-electron chi connectivity index (χ4n) is 3.66. The number of pyridine rings is 1. The Kier molecular flexibility index (Phi) is 10.6. The number of hydrogen-bond acceptors (Lipinski definition) is 4. The first-order chi connectivity index (χ1) is 14.6. The maximum atomic E-state index is 12.9. The molecule has 0 unspecified atom stereocenters. The summed E-state index contributed by atoms with van der Waals surface area (Å²) >= 11 is 0. The summed E-state index contributed by atoms with van der Waals surface area (Å²) in [7, 11) is 3.36. The molecule has 2 aromatic rings. The summed E-state index contributed by atoms with van der Waals surface area (Å²) in [5.74, 6) is 1.58. The van der Waals surface area contributed by atoms with Crippen molar-refractivity contribution in [2.45, 2.75) is 78.1 Å². The van der Waals surface area contributed by atoms with E-state index in [0.29, 0.717) is 24.7 Å². The van der Waals surface area contributed by atoms with Crippen molar-refractivity contribution in [2.24, 2.45) is 7.05 Å². The van der Waals surface area contributed by atoms with Crippen molar-refractivity contribution in [1.29, 1.82) is 0 Å². The van der Waals surface area contributed by atoms with Gasteiger partial charge in [0, 0.05) is 18.5 Å². The van der Waals surface area contributed by atoms with Crippen molar-refractivity contribution in [3.8, 4) is 17.2 Å². The van der Waals surface area contributed by atoms with E-state index in [4.69, 9.17) is 14.2 Å². The second-order valence-electron chi connectivity index (χ2n) is 7.93. The van der Waals surface area contributed by atoms with Crippen LogP contribution in [0.5, 0.6) is 17.2 Å². The lowest BCUT2D eigenvalue weighted by atomic mass is 10.1. The number of methoxy groups -OCH3 is 1. The van der Waals surface area contributed by atoms with E-state index in [9.17, 15) is 4.79 Å². The molecule has 0 radical (unpaired) electrons. The average Bonchev–Trinajstić information content (AvgIpc) is 2.76. The molecular weight excluding hydrogens is 378 g/mol. The highest BCUT2D eigenvalue weighted by Gasteiger charge is 2.18. The van der Waals surface area contributed by atoms with Crippen molar-refractivity contribution in [1.82, 2.24) is 4.57 Å². The Bertz CT molecular complexity index is 828. The van der Waals surface area contributed by atoms with Gasteiger partial charge in [-0.3, -0.25) is 4.79 Å². The number of rotatable bonds is 15. The van der Waals surface area contributed by atoms with Crippen LogP contribution in [-0.2, 0) is 7.05 Å². The zero-order valence-electron chi connectivity index (χ0n) is 19.3. The normalized spacial score (nSPS) is 11.1. The van der Waals surface area contributed by atoms with Crippen LogP contribution in [0.25, 0.3) is 10.9 Å². The fourth-order valence-corrected chi connectivity index (χ4v) is 3.66. The van der Waals surface area contributed by atoms with Crippen LogP contribution in [0, 0.1) is 0 Å². The molecule has 2 rings (SSSR count). The quantitative estimate of drug-likeness (QED) is 0.322. The minimum atomic E-state index is -0.176. The van der Waals surface area contributed by atoms with Crippen LogP contribution >= 0.6 is 0 Å². The maximum Gasteiger partial charge on any atom is 0.297 e. The number of aryl methyl sites for hydroxylation is 1. The first-order valence-corrected chi connectivity index (χ1v) is 11.6. The van der Waals surface area contributed by atoms with Crippen LogP contribution < -0.4 is 19.8 Å². The van der Waals surface area contributed by atoms with Crippen molar-refractivity contribution < 1.29 is 14.2 Å². The summed E-state index contributed by atoms with van der Waals surface area (Å²) in [6.07, 6.45) is 11.7. The van der Waals surface area contributed by atoms with Gasteiger partial charge in [-0.15, -0.1) is 0 Å². The molecule has 0 bridgehead atoms. The van der Waals surface area contributed by atoms with Gasteiger partial charge in [0.15, 0.2) is 5.75 Å². The van der Waals surface area contributed by atoms with Gasteiger partial charge in [0.1, 0.15) is 5.75 Å². The standard InChI is InChI=1S/C25H39NO4/c1-5-7-9-11-12-14-18-30-24-23(28-4)21-16-15-20(29-17-13-10-8-6-2)19-22(21)26(3)25(24)27/h15-16,19H,5-14,17-18H2,1-4H3. The van der Waals surface area contributed by atoms with Gasteiger partial charge in [-0.05, 0) is 25.0 Å². The van der Waals surface area contributed by atoms with Gasteiger partial charge >= 0.3 is 0 Å². The zero-order valence-corrected chi connectivity index (χ0v) is 19.3. The molecule has 1 aromatic heterocycles. The fraction of sp³-hybridized carbons (Fsp3) is 0.640. The lowest BCUT2D eigenvalue weighted by molar-refractivity contribution is 0.280. The summed E-state index contributed by atoms with van der Waals surface area (Å²) < 4.78 is 19.0. The molecule has 5 nitrogen and oxygen atoms in total. The van der Waals surface area contributed by atoms with Gasteiger partial charge in [-0.25, -0.2) is 0 Å². The molecule has 0 spiro atoms. The third kappa shape index (κ3) is 6.68. The molecule has 0 aliphatic rings. The first kappa shape index (κ1) is 24.1. The van der Waals surface area contributed by atoms with Crippen LogP contribution in [0.1, 0.15) is 78.1 Å². The molecule has 0 aliphatic carbocycles. The summed E-state index contributed by atoms with van der Waals surface area (Å²) in [6.45, 7) is 5.63. The highest BCUT2D eigenvalue weighted by Crippen LogP contribution is 2.34. The molecule has 168 valence electrons. The number of hydrogen-bond donors (Lipinski definition) is 0. The zero-order chi connectivity index (χ0) is 21.8. The third-order valence-corrected chi connectivity index (χ3v) is 5.50. The molecule has 0 atom stereocenters. The summed E-state index contributed by atoms with van der Waals surface area (Å²) in [5, 5.41) is 0.857. The Morgan fingerprint density at radius 1 is 0.800 bits per heavy atom. The lowest BCUT2D eigenvalue weighted by Gasteiger charge is -2.16. The smallest absolute Gasteiger partial charge is 0.297 e. The minimum Gasteiger partial charge on any atom is -0.494 e.